The van der Waals surface area contributed by atoms with Gasteiger partial charge >= 0.3 is 6.18 Å². The number of para-hydroxylation sites is 2. The predicted octanol–water partition coefficient (Wildman–Crippen LogP) is 4.97. The molecule has 0 N–H and O–H groups in total. The van der Waals surface area contributed by atoms with Crippen molar-refractivity contribution in [3.63, 3.8) is 0 Å². The number of fused-ring (bicyclic) bond motifs is 1. The van der Waals surface area contributed by atoms with Crippen LogP contribution in [0.25, 0.3) is 16.6 Å². The van der Waals surface area contributed by atoms with Gasteiger partial charge in [-0.15, -0.1) is 0 Å². The molecule has 0 aliphatic rings. The van der Waals surface area contributed by atoms with Crippen molar-refractivity contribution in [3.8, 4) is 5.69 Å². The van der Waals surface area contributed by atoms with Gasteiger partial charge in [-0.1, -0.05) is 42.1 Å². The van der Waals surface area contributed by atoms with Gasteiger partial charge in [0.15, 0.2) is 5.16 Å². The van der Waals surface area contributed by atoms with Crippen molar-refractivity contribution >= 4 is 28.6 Å². The smallest absolute Gasteiger partial charge is 0.406 e. The Morgan fingerprint density at radius 2 is 1.82 bits per heavy atom. The van der Waals surface area contributed by atoms with Crippen molar-refractivity contribution in [2.24, 2.45) is 0 Å². The van der Waals surface area contributed by atoms with E-state index in [0.29, 0.717) is 21.5 Å². The normalized spacial score (nSPS) is 11.6. The highest BCUT2D eigenvalue weighted by Crippen LogP contribution is 2.25. The zero-order valence-corrected chi connectivity index (χ0v) is 18.9. The van der Waals surface area contributed by atoms with Crippen LogP contribution in [-0.2, 0) is 11.3 Å². The molecule has 6 nitrogen and oxygen atoms in total. The average Bonchev–Trinajstić information content (AvgIpc) is 3.30. The lowest BCUT2D eigenvalue weighted by Crippen LogP contribution is -2.39. The average molecular weight is 488 g/mol. The van der Waals surface area contributed by atoms with Crippen LogP contribution in [0.1, 0.15) is 11.3 Å². The molecule has 4 aromatic rings. The van der Waals surface area contributed by atoms with Crippen molar-refractivity contribution in [2.75, 3.05) is 12.3 Å². The molecule has 0 saturated heterocycles. The maximum Gasteiger partial charge on any atom is 0.406 e. The van der Waals surface area contributed by atoms with E-state index >= 15 is 0 Å². The number of amides is 1. The molecule has 0 aliphatic carbocycles. The Morgan fingerprint density at radius 1 is 1.09 bits per heavy atom. The van der Waals surface area contributed by atoms with E-state index in [-0.39, 0.29) is 28.8 Å². The van der Waals surface area contributed by atoms with Gasteiger partial charge in [0.2, 0.25) is 5.91 Å². The zero-order valence-electron chi connectivity index (χ0n) is 18.1. The van der Waals surface area contributed by atoms with Crippen LogP contribution < -0.4 is 5.56 Å². The number of carbonyl (C=O) groups is 1. The molecule has 34 heavy (non-hydrogen) atoms. The number of thioether (sulfide) groups is 1. The van der Waals surface area contributed by atoms with Gasteiger partial charge in [0.25, 0.3) is 5.56 Å². The second-order valence-electron chi connectivity index (χ2n) is 7.57. The molecule has 0 saturated carbocycles. The third-order valence-corrected chi connectivity index (χ3v) is 6.00. The number of nitrogens with zero attached hydrogens (tertiary/aromatic N) is 3. The molecule has 0 bridgehead atoms. The summed E-state index contributed by atoms with van der Waals surface area (Å²) < 4.78 is 45.9. The van der Waals surface area contributed by atoms with Crippen LogP contribution in [-0.4, -0.2) is 38.8 Å². The Balaban J connectivity index is 1.68. The van der Waals surface area contributed by atoms with Gasteiger partial charge in [-0.05, 0) is 42.8 Å². The third kappa shape index (κ3) is 5.33. The first-order chi connectivity index (χ1) is 16.2. The molecule has 0 radical (unpaired) electrons. The van der Waals surface area contributed by atoms with Crippen LogP contribution in [0, 0.1) is 6.92 Å². The number of aryl methyl sites for hydroxylation is 1. The lowest BCUT2D eigenvalue weighted by atomic mass is 10.2. The topological polar surface area (TPSA) is 68.3 Å². The number of aromatic nitrogens is 2. The Hall–Kier alpha value is -3.53. The SMILES string of the molecule is Cc1ccccc1-n1c(SCC(=O)N(Cc2ccco2)CC(F)(F)F)nc2ccccc2c1=O. The van der Waals surface area contributed by atoms with Gasteiger partial charge in [-0.2, -0.15) is 13.2 Å². The number of hydrogen-bond acceptors (Lipinski definition) is 5. The first-order valence-electron chi connectivity index (χ1n) is 10.3. The summed E-state index contributed by atoms with van der Waals surface area (Å²) in [5.74, 6) is -0.853. The van der Waals surface area contributed by atoms with Crippen LogP contribution in [0.3, 0.4) is 0 Å². The standard InChI is InChI=1S/C24H20F3N3O3S/c1-16-7-2-5-11-20(16)30-22(32)18-9-3-4-10-19(18)28-23(30)34-14-21(31)29(15-24(25,26)27)13-17-8-6-12-33-17/h2-12H,13-15H2,1H3. The molecule has 4 rings (SSSR count). The molecule has 2 heterocycles. The molecular formula is C24H20F3N3O3S. The summed E-state index contributed by atoms with van der Waals surface area (Å²) in [6.07, 6.45) is -3.24. The van der Waals surface area contributed by atoms with Crippen LogP contribution in [0.4, 0.5) is 13.2 Å². The second-order valence-corrected chi connectivity index (χ2v) is 8.51. The minimum atomic E-state index is -4.57. The van der Waals surface area contributed by atoms with Crippen molar-refractivity contribution in [1.82, 2.24) is 14.5 Å². The number of benzene rings is 2. The van der Waals surface area contributed by atoms with Crippen molar-refractivity contribution in [2.45, 2.75) is 24.8 Å². The van der Waals surface area contributed by atoms with Crippen LogP contribution in [0.2, 0.25) is 0 Å². The molecule has 0 spiro atoms. The van der Waals surface area contributed by atoms with Crippen molar-refractivity contribution in [1.29, 1.82) is 0 Å². The van der Waals surface area contributed by atoms with E-state index in [1.54, 1.807) is 42.5 Å². The number of hydrogen-bond donors (Lipinski definition) is 0. The summed E-state index contributed by atoms with van der Waals surface area (Å²) in [6, 6.07) is 17.1. The Labute approximate surface area is 197 Å². The van der Waals surface area contributed by atoms with E-state index in [0.717, 1.165) is 17.3 Å². The molecule has 10 heteroatoms. The van der Waals surface area contributed by atoms with E-state index in [2.05, 4.69) is 4.98 Å². The van der Waals surface area contributed by atoms with E-state index in [4.69, 9.17) is 4.42 Å². The summed E-state index contributed by atoms with van der Waals surface area (Å²) in [4.78, 5) is 31.4. The largest absolute Gasteiger partial charge is 0.467 e. The van der Waals surface area contributed by atoms with Crippen molar-refractivity contribution in [3.05, 3.63) is 88.6 Å². The van der Waals surface area contributed by atoms with E-state index in [9.17, 15) is 22.8 Å². The molecule has 0 aliphatic heterocycles. The highest BCUT2D eigenvalue weighted by molar-refractivity contribution is 7.99. The lowest BCUT2D eigenvalue weighted by molar-refractivity contribution is -0.161. The second kappa shape index (κ2) is 9.76. The highest BCUT2D eigenvalue weighted by Gasteiger charge is 2.33. The molecular weight excluding hydrogens is 467 g/mol. The predicted molar refractivity (Wildman–Crippen MR) is 123 cm³/mol. The molecule has 2 aromatic heterocycles. The van der Waals surface area contributed by atoms with Crippen molar-refractivity contribution < 1.29 is 22.4 Å². The summed E-state index contributed by atoms with van der Waals surface area (Å²) in [5, 5.41) is 0.620. The van der Waals surface area contributed by atoms with Crippen LogP contribution in [0.5, 0.6) is 0 Å². The highest BCUT2D eigenvalue weighted by atomic mass is 32.2. The molecule has 1 amide bonds. The van der Waals surface area contributed by atoms with Gasteiger partial charge < -0.3 is 9.32 Å². The van der Waals surface area contributed by atoms with E-state index < -0.39 is 18.6 Å². The lowest BCUT2D eigenvalue weighted by Gasteiger charge is -2.23. The fraction of sp³-hybridized carbons (Fsp3) is 0.208. The van der Waals surface area contributed by atoms with Gasteiger partial charge in [-0.25, -0.2) is 4.98 Å². The monoisotopic (exact) mass is 487 g/mol. The molecule has 0 unspecified atom stereocenters. The van der Waals surface area contributed by atoms with Crippen LogP contribution in [0.15, 0.2) is 81.3 Å². The fourth-order valence-electron chi connectivity index (χ4n) is 3.49. The first-order valence-corrected chi connectivity index (χ1v) is 11.3. The summed E-state index contributed by atoms with van der Waals surface area (Å²) >= 11 is 0.917. The van der Waals surface area contributed by atoms with E-state index in [1.807, 2.05) is 19.1 Å². The minimum Gasteiger partial charge on any atom is -0.467 e. The molecule has 2 aromatic carbocycles. The van der Waals surface area contributed by atoms with Gasteiger partial charge in [0, 0.05) is 0 Å². The Bertz CT molecular complexity index is 1370. The summed E-state index contributed by atoms with van der Waals surface area (Å²) in [5.41, 5.74) is 1.52. The van der Waals surface area contributed by atoms with Gasteiger partial charge in [-0.3, -0.25) is 14.2 Å². The minimum absolute atomic E-state index is 0.219. The number of carbonyl (C=O) groups excluding carboxylic acids is 1. The van der Waals surface area contributed by atoms with Gasteiger partial charge in [0.1, 0.15) is 12.3 Å². The summed E-state index contributed by atoms with van der Waals surface area (Å²) in [6.45, 7) is 0.107. The molecule has 176 valence electrons. The number of rotatable bonds is 7. The molecule has 0 atom stereocenters. The fourth-order valence-corrected chi connectivity index (χ4v) is 4.40. The quantitative estimate of drug-likeness (QED) is 0.272. The van der Waals surface area contributed by atoms with Crippen LogP contribution >= 0.6 is 11.8 Å². The Morgan fingerprint density at radius 3 is 2.53 bits per heavy atom. The number of furan rings is 1. The number of halogens is 3. The van der Waals surface area contributed by atoms with Gasteiger partial charge in [0.05, 0.1) is 35.2 Å². The maximum atomic E-state index is 13.3. The third-order valence-electron chi connectivity index (χ3n) is 5.08. The zero-order chi connectivity index (χ0) is 24.3. The maximum absolute atomic E-state index is 13.3. The number of alkyl halides is 3. The van der Waals surface area contributed by atoms with E-state index in [1.165, 1.54) is 16.9 Å². The molecule has 0 fully saturated rings. The summed E-state index contributed by atoms with van der Waals surface area (Å²) in [7, 11) is 0. The first kappa shape index (κ1) is 23.6. The Kier molecular flexibility index (Phi) is 6.78.